The summed E-state index contributed by atoms with van der Waals surface area (Å²) in [5, 5.41) is 0. The van der Waals surface area contributed by atoms with E-state index in [2.05, 4.69) is 41.5 Å². The Labute approximate surface area is 152 Å². The van der Waals surface area contributed by atoms with Gasteiger partial charge < -0.3 is 0 Å². The second-order valence-corrected chi connectivity index (χ2v) is 8.52. The van der Waals surface area contributed by atoms with Gasteiger partial charge >= 0.3 is 153 Å². The third-order valence-electron chi connectivity index (χ3n) is 5.65. The van der Waals surface area contributed by atoms with E-state index in [1.807, 2.05) is 0 Å². The van der Waals surface area contributed by atoms with E-state index in [-0.39, 0.29) is 0 Å². The van der Waals surface area contributed by atoms with Gasteiger partial charge in [0, 0.05) is 0 Å². The first kappa shape index (κ1) is 18.2. The molecule has 0 N–H and O–H groups in total. The van der Waals surface area contributed by atoms with Crippen LogP contribution in [-0.2, 0) is 24.7 Å². The number of unbranched alkanes of at least 4 members (excludes halogenated alkanes) is 1. The summed E-state index contributed by atoms with van der Waals surface area (Å²) in [5.41, 5.74) is 11.5. The van der Waals surface area contributed by atoms with Gasteiger partial charge in [-0.1, -0.05) is 0 Å². The van der Waals surface area contributed by atoms with Crippen LogP contribution < -0.4 is 0 Å². The van der Waals surface area contributed by atoms with Gasteiger partial charge in [-0.15, -0.1) is 0 Å². The number of hydrogen-bond donors (Lipinski definition) is 0. The van der Waals surface area contributed by atoms with Crippen LogP contribution >= 0.6 is 0 Å². The monoisotopic (exact) mass is 373 g/mol. The number of allylic oxidation sites excluding steroid dienone is 8. The van der Waals surface area contributed by atoms with Gasteiger partial charge in [-0.25, -0.2) is 0 Å². The van der Waals surface area contributed by atoms with Gasteiger partial charge in [0.25, 0.3) is 0 Å². The Morgan fingerprint density at radius 3 is 2.18 bits per heavy atom. The molecular formula is C21H31Zr. The Bertz CT molecular complexity index is 581. The van der Waals surface area contributed by atoms with Gasteiger partial charge in [0.1, 0.15) is 0 Å². The van der Waals surface area contributed by atoms with Crippen LogP contribution in [0.3, 0.4) is 0 Å². The molecule has 119 valence electrons. The fraction of sp³-hybridized carbons (Fsp3) is 0.619. The molecule has 0 saturated heterocycles. The summed E-state index contributed by atoms with van der Waals surface area (Å²) in [6, 6.07) is 0. The minimum absolute atomic E-state index is 0.611. The Morgan fingerprint density at radius 1 is 1.00 bits per heavy atom. The molecule has 0 saturated carbocycles. The van der Waals surface area contributed by atoms with Crippen LogP contribution in [0.15, 0.2) is 42.3 Å². The van der Waals surface area contributed by atoms with E-state index >= 15 is 0 Å². The van der Waals surface area contributed by atoms with Crippen molar-refractivity contribution < 1.29 is 24.7 Å². The number of hydrogen-bond acceptors (Lipinski definition) is 0. The van der Waals surface area contributed by atoms with E-state index in [1.165, 1.54) is 44.1 Å². The molecule has 1 heteroatoms. The number of rotatable bonds is 6. The van der Waals surface area contributed by atoms with Crippen molar-refractivity contribution in [2.75, 3.05) is 0 Å². The summed E-state index contributed by atoms with van der Waals surface area (Å²) in [5.74, 6) is 0.611. The maximum absolute atomic E-state index is 2.42. The standard InChI is InChI=1S/C21H31.Zr/c1-7-9-11-19-13-12-18(10-8-2)21(19)20-16(5)14(3)15(4)17(20)6;/h16H,7-11,13H2,1-6H3;. The molecule has 2 aliphatic rings. The Balaban J connectivity index is 2.51. The molecule has 0 aromatic rings. The summed E-state index contributed by atoms with van der Waals surface area (Å²) in [7, 11) is 0. The zero-order chi connectivity index (χ0) is 16.4. The molecule has 0 aromatic carbocycles. The van der Waals surface area contributed by atoms with Crippen molar-refractivity contribution in [1.29, 1.82) is 0 Å². The van der Waals surface area contributed by atoms with Crippen molar-refractivity contribution >= 4 is 0 Å². The molecule has 0 aromatic heterocycles. The van der Waals surface area contributed by atoms with Gasteiger partial charge in [-0.2, -0.15) is 0 Å². The third kappa shape index (κ3) is 3.21. The van der Waals surface area contributed by atoms with Crippen molar-refractivity contribution in [3.05, 3.63) is 42.3 Å². The third-order valence-corrected chi connectivity index (χ3v) is 6.83. The van der Waals surface area contributed by atoms with E-state index < -0.39 is 0 Å². The van der Waals surface area contributed by atoms with E-state index in [9.17, 15) is 0 Å². The molecule has 22 heavy (non-hydrogen) atoms. The first-order valence-corrected chi connectivity index (χ1v) is 10.2. The fourth-order valence-electron chi connectivity index (χ4n) is 4.02. The normalized spacial score (nSPS) is 22.7. The molecule has 0 spiro atoms. The van der Waals surface area contributed by atoms with Crippen LogP contribution in [0.1, 0.15) is 80.1 Å². The molecule has 0 aliphatic heterocycles. The molecule has 2 aliphatic carbocycles. The van der Waals surface area contributed by atoms with Crippen LogP contribution in [0.4, 0.5) is 0 Å². The molecule has 0 radical (unpaired) electrons. The van der Waals surface area contributed by atoms with Gasteiger partial charge in [0.05, 0.1) is 0 Å². The summed E-state index contributed by atoms with van der Waals surface area (Å²) in [4.78, 5) is 0. The average molecular weight is 375 g/mol. The van der Waals surface area contributed by atoms with E-state index in [0.717, 1.165) is 0 Å². The molecule has 0 amide bonds. The Morgan fingerprint density at radius 2 is 1.68 bits per heavy atom. The summed E-state index contributed by atoms with van der Waals surface area (Å²) >= 11 is 1.63. The molecule has 2 rings (SSSR count). The second-order valence-electron chi connectivity index (χ2n) is 7.03. The van der Waals surface area contributed by atoms with Crippen molar-refractivity contribution in [2.24, 2.45) is 5.92 Å². The molecule has 0 fully saturated rings. The zero-order valence-electron chi connectivity index (χ0n) is 15.3. The van der Waals surface area contributed by atoms with Crippen molar-refractivity contribution in [3.63, 3.8) is 0 Å². The van der Waals surface area contributed by atoms with Gasteiger partial charge in [-0.05, 0) is 0 Å². The molecule has 0 nitrogen and oxygen atoms in total. The fourth-order valence-corrected chi connectivity index (χ4v) is 5.16. The molecular weight excluding hydrogens is 343 g/mol. The summed E-state index contributed by atoms with van der Waals surface area (Å²) < 4.78 is 1.73. The van der Waals surface area contributed by atoms with E-state index in [0.29, 0.717) is 5.92 Å². The summed E-state index contributed by atoms with van der Waals surface area (Å²) in [6.45, 7) is 14.1. The Kier molecular flexibility index (Phi) is 6.29. The van der Waals surface area contributed by atoms with Gasteiger partial charge in [-0.3, -0.25) is 0 Å². The van der Waals surface area contributed by atoms with Crippen LogP contribution in [0, 0.1) is 5.92 Å². The van der Waals surface area contributed by atoms with E-state index in [4.69, 9.17) is 0 Å². The molecule has 1 unspecified atom stereocenters. The van der Waals surface area contributed by atoms with Crippen LogP contribution in [0.25, 0.3) is 0 Å². The first-order valence-electron chi connectivity index (χ1n) is 8.98. The maximum atomic E-state index is 2.42. The second kappa shape index (κ2) is 7.61. The Hall–Kier alpha value is -0.157. The zero-order valence-corrected chi connectivity index (χ0v) is 17.8. The van der Waals surface area contributed by atoms with Gasteiger partial charge in [0.15, 0.2) is 0 Å². The molecule has 0 heterocycles. The van der Waals surface area contributed by atoms with Gasteiger partial charge in [0.2, 0.25) is 0 Å². The SMILES string of the molecule is CCCCC1=C(C2=C(C)C(C)=C(C)C2C)C(CCC)=[C]([Zr])C1. The predicted molar refractivity (Wildman–Crippen MR) is 93.3 cm³/mol. The topological polar surface area (TPSA) is 0 Å². The predicted octanol–water partition coefficient (Wildman–Crippen LogP) is 6.78. The first-order chi connectivity index (χ1) is 10.4. The quantitative estimate of drug-likeness (QED) is 0.480. The van der Waals surface area contributed by atoms with Crippen LogP contribution in [-0.4, -0.2) is 0 Å². The van der Waals surface area contributed by atoms with Crippen molar-refractivity contribution in [3.8, 4) is 0 Å². The van der Waals surface area contributed by atoms with Crippen molar-refractivity contribution in [2.45, 2.75) is 80.1 Å². The summed E-state index contributed by atoms with van der Waals surface area (Å²) in [6.07, 6.45) is 7.75. The van der Waals surface area contributed by atoms with Crippen molar-refractivity contribution in [1.82, 2.24) is 0 Å². The average Bonchev–Trinajstić information content (AvgIpc) is 2.89. The molecule has 1 atom stereocenters. The minimum atomic E-state index is 0.611. The van der Waals surface area contributed by atoms with E-state index in [1.54, 1.807) is 61.4 Å². The molecule has 0 bridgehead atoms. The van der Waals surface area contributed by atoms with Crippen LogP contribution in [0.5, 0.6) is 0 Å². The van der Waals surface area contributed by atoms with Crippen LogP contribution in [0.2, 0.25) is 0 Å².